The van der Waals surface area contributed by atoms with Crippen LogP contribution in [-0.2, 0) is 14.8 Å². The second-order valence-corrected chi connectivity index (χ2v) is 8.23. The number of benzene rings is 1. The van der Waals surface area contributed by atoms with E-state index in [-0.39, 0.29) is 4.90 Å². The number of nitrogens with one attached hydrogen (secondary N) is 1. The summed E-state index contributed by atoms with van der Waals surface area (Å²) in [5, 5.41) is 9.19. The molecular formula is C13H18BrNO4S. The van der Waals surface area contributed by atoms with Crippen molar-refractivity contribution in [2.45, 2.75) is 38.6 Å². The van der Waals surface area contributed by atoms with Gasteiger partial charge < -0.3 is 5.11 Å². The minimum absolute atomic E-state index is 0.0265. The van der Waals surface area contributed by atoms with Gasteiger partial charge in [0.25, 0.3) is 0 Å². The first-order valence-corrected chi connectivity index (χ1v) is 8.24. The highest BCUT2D eigenvalue weighted by Crippen LogP contribution is 2.26. The van der Waals surface area contributed by atoms with Crippen molar-refractivity contribution < 1.29 is 18.3 Å². The lowest BCUT2D eigenvalue weighted by Crippen LogP contribution is -2.49. The Morgan fingerprint density at radius 2 is 1.90 bits per heavy atom. The molecule has 0 saturated heterocycles. The third-order valence-electron chi connectivity index (χ3n) is 2.76. The summed E-state index contributed by atoms with van der Waals surface area (Å²) < 4.78 is 27.3. The summed E-state index contributed by atoms with van der Waals surface area (Å²) in [4.78, 5) is 11.3. The Kier molecular flexibility index (Phi) is 4.99. The third kappa shape index (κ3) is 4.04. The highest BCUT2D eigenvalue weighted by atomic mass is 79.9. The molecular weight excluding hydrogens is 346 g/mol. The number of hydrogen-bond acceptors (Lipinski definition) is 3. The SMILES string of the molecule is Cc1ccc(S(=O)(=O)N[C@@H](C(=O)O)C(C)(C)C)c(Br)c1. The summed E-state index contributed by atoms with van der Waals surface area (Å²) in [5.74, 6) is -1.20. The Morgan fingerprint density at radius 1 is 1.35 bits per heavy atom. The molecule has 0 unspecified atom stereocenters. The van der Waals surface area contributed by atoms with Gasteiger partial charge >= 0.3 is 5.97 Å². The van der Waals surface area contributed by atoms with Crippen molar-refractivity contribution in [1.82, 2.24) is 4.72 Å². The Labute approximate surface area is 127 Å². The predicted octanol–water partition coefficient (Wildman–Crippen LogP) is 2.54. The average Bonchev–Trinajstić information content (AvgIpc) is 2.23. The Bertz CT molecular complexity index is 620. The zero-order valence-electron chi connectivity index (χ0n) is 11.8. The fraction of sp³-hybridized carbons (Fsp3) is 0.462. The second kappa shape index (κ2) is 5.83. The van der Waals surface area contributed by atoms with Gasteiger partial charge in [0.2, 0.25) is 10.0 Å². The molecule has 0 aromatic heterocycles. The van der Waals surface area contributed by atoms with Crippen LogP contribution in [0.3, 0.4) is 0 Å². The van der Waals surface area contributed by atoms with Crippen LogP contribution in [0.25, 0.3) is 0 Å². The van der Waals surface area contributed by atoms with Crippen molar-refractivity contribution in [3.05, 3.63) is 28.2 Å². The highest BCUT2D eigenvalue weighted by Gasteiger charge is 2.35. The lowest BCUT2D eigenvalue weighted by molar-refractivity contribution is -0.141. The molecule has 0 heterocycles. The normalized spacial score (nSPS) is 14.1. The van der Waals surface area contributed by atoms with Gasteiger partial charge in [-0.25, -0.2) is 8.42 Å². The largest absolute Gasteiger partial charge is 0.480 e. The van der Waals surface area contributed by atoms with Gasteiger partial charge in [0.15, 0.2) is 0 Å². The topological polar surface area (TPSA) is 83.5 Å². The van der Waals surface area contributed by atoms with Crippen LogP contribution in [0.4, 0.5) is 0 Å². The lowest BCUT2D eigenvalue weighted by Gasteiger charge is -2.27. The Morgan fingerprint density at radius 3 is 2.30 bits per heavy atom. The van der Waals surface area contributed by atoms with Crippen LogP contribution in [0.5, 0.6) is 0 Å². The van der Waals surface area contributed by atoms with Crippen LogP contribution in [-0.4, -0.2) is 25.5 Å². The smallest absolute Gasteiger partial charge is 0.322 e. The van der Waals surface area contributed by atoms with E-state index >= 15 is 0 Å². The molecule has 0 aliphatic rings. The molecule has 0 amide bonds. The van der Waals surface area contributed by atoms with Crippen LogP contribution < -0.4 is 4.72 Å². The van der Waals surface area contributed by atoms with Crippen molar-refractivity contribution in [2.75, 3.05) is 0 Å². The maximum Gasteiger partial charge on any atom is 0.322 e. The van der Waals surface area contributed by atoms with Gasteiger partial charge in [0, 0.05) is 4.47 Å². The number of aryl methyl sites for hydroxylation is 1. The molecule has 5 nitrogen and oxygen atoms in total. The van der Waals surface area contributed by atoms with Crippen LogP contribution >= 0.6 is 15.9 Å². The summed E-state index contributed by atoms with van der Waals surface area (Å²) in [7, 11) is -3.91. The van der Waals surface area contributed by atoms with Crippen molar-refractivity contribution in [3.63, 3.8) is 0 Å². The quantitative estimate of drug-likeness (QED) is 0.860. The summed E-state index contributed by atoms with van der Waals surface area (Å²) in [5.41, 5.74) is 0.164. The van der Waals surface area contributed by atoms with Crippen molar-refractivity contribution in [2.24, 2.45) is 5.41 Å². The number of carbonyl (C=O) groups is 1. The molecule has 1 rings (SSSR count). The molecule has 0 saturated carbocycles. The maximum absolute atomic E-state index is 12.3. The molecule has 0 fully saturated rings. The van der Waals surface area contributed by atoms with E-state index in [1.54, 1.807) is 32.9 Å². The van der Waals surface area contributed by atoms with E-state index in [4.69, 9.17) is 0 Å². The Balaban J connectivity index is 3.20. The van der Waals surface area contributed by atoms with Crippen LogP contribution in [0.1, 0.15) is 26.3 Å². The number of carboxylic acids is 1. The van der Waals surface area contributed by atoms with Gasteiger partial charge in [-0.3, -0.25) is 4.79 Å². The first kappa shape index (κ1) is 17.1. The molecule has 0 aliphatic carbocycles. The first-order chi connectivity index (χ1) is 8.95. The molecule has 0 bridgehead atoms. The molecule has 1 atom stereocenters. The molecule has 2 N–H and O–H groups in total. The van der Waals surface area contributed by atoms with Gasteiger partial charge in [-0.15, -0.1) is 0 Å². The van der Waals surface area contributed by atoms with Gasteiger partial charge in [-0.2, -0.15) is 4.72 Å². The van der Waals surface area contributed by atoms with Crippen molar-refractivity contribution in [3.8, 4) is 0 Å². The van der Waals surface area contributed by atoms with Crippen molar-refractivity contribution in [1.29, 1.82) is 0 Å². The van der Waals surface area contributed by atoms with E-state index in [0.717, 1.165) is 5.56 Å². The molecule has 1 aromatic carbocycles. The van der Waals surface area contributed by atoms with Crippen LogP contribution in [0.15, 0.2) is 27.6 Å². The monoisotopic (exact) mass is 363 g/mol. The molecule has 0 radical (unpaired) electrons. The van der Waals surface area contributed by atoms with Gasteiger partial charge in [-0.1, -0.05) is 26.8 Å². The summed E-state index contributed by atoms with van der Waals surface area (Å²) in [6.07, 6.45) is 0. The van der Waals surface area contributed by atoms with Gasteiger partial charge in [0.05, 0.1) is 4.90 Å². The molecule has 20 heavy (non-hydrogen) atoms. The minimum Gasteiger partial charge on any atom is -0.480 e. The number of hydrogen-bond donors (Lipinski definition) is 2. The third-order valence-corrected chi connectivity index (χ3v) is 5.16. The predicted molar refractivity (Wildman–Crippen MR) is 80.1 cm³/mol. The van der Waals surface area contributed by atoms with Gasteiger partial charge in [0.1, 0.15) is 6.04 Å². The number of rotatable bonds is 4. The fourth-order valence-electron chi connectivity index (χ4n) is 1.64. The highest BCUT2D eigenvalue weighted by molar-refractivity contribution is 9.10. The second-order valence-electron chi connectivity index (χ2n) is 5.69. The maximum atomic E-state index is 12.3. The number of aliphatic carboxylic acids is 1. The molecule has 7 heteroatoms. The standard InChI is InChI=1S/C13H18BrNO4S/c1-8-5-6-10(9(14)7-8)20(18,19)15-11(12(16)17)13(2,3)4/h5-7,11,15H,1-4H3,(H,16,17)/t11-/m0/s1. The zero-order chi connectivity index (χ0) is 15.7. The average molecular weight is 364 g/mol. The van der Waals surface area contributed by atoms with E-state index in [0.29, 0.717) is 4.47 Å². The summed E-state index contributed by atoms with van der Waals surface area (Å²) in [6.45, 7) is 6.83. The minimum atomic E-state index is -3.91. The fourth-order valence-corrected chi connectivity index (χ4v) is 4.23. The van der Waals surface area contributed by atoms with E-state index < -0.39 is 27.4 Å². The first-order valence-electron chi connectivity index (χ1n) is 5.96. The van der Waals surface area contributed by atoms with E-state index in [2.05, 4.69) is 20.7 Å². The molecule has 1 aromatic rings. The Hall–Kier alpha value is -0.920. The van der Waals surface area contributed by atoms with Crippen LogP contribution in [0.2, 0.25) is 0 Å². The lowest BCUT2D eigenvalue weighted by atomic mass is 9.88. The number of sulfonamides is 1. The van der Waals surface area contributed by atoms with E-state index in [1.165, 1.54) is 6.07 Å². The molecule has 112 valence electrons. The van der Waals surface area contributed by atoms with Gasteiger partial charge in [-0.05, 0) is 46.0 Å². The molecule has 0 aliphatic heterocycles. The number of halogens is 1. The number of carboxylic acid groups (broad SMARTS) is 1. The van der Waals surface area contributed by atoms with E-state index in [9.17, 15) is 18.3 Å². The van der Waals surface area contributed by atoms with Crippen LogP contribution in [0, 0.1) is 12.3 Å². The zero-order valence-corrected chi connectivity index (χ0v) is 14.2. The summed E-state index contributed by atoms with van der Waals surface area (Å²) >= 11 is 3.19. The van der Waals surface area contributed by atoms with E-state index in [1.807, 2.05) is 6.92 Å². The molecule has 0 spiro atoms. The summed E-state index contributed by atoms with van der Waals surface area (Å²) in [6, 6.07) is 3.57. The van der Waals surface area contributed by atoms with Crippen molar-refractivity contribution >= 4 is 31.9 Å².